The van der Waals surface area contributed by atoms with E-state index in [1.54, 1.807) is 6.07 Å². The van der Waals surface area contributed by atoms with Gasteiger partial charge in [0.05, 0.1) is 29.2 Å². The fraction of sp³-hybridized carbons (Fsp3) is 0.600. The first kappa shape index (κ1) is 36.3. The van der Waals surface area contributed by atoms with Gasteiger partial charge >= 0.3 is 6.09 Å². The van der Waals surface area contributed by atoms with Crippen molar-refractivity contribution < 1.29 is 42.2 Å². The summed E-state index contributed by atoms with van der Waals surface area (Å²) in [6, 6.07) is 4.94. The summed E-state index contributed by atoms with van der Waals surface area (Å²) in [6.45, 7) is 6.07. The first-order valence-corrected chi connectivity index (χ1v) is 19.3. The van der Waals surface area contributed by atoms with Crippen LogP contribution in [0.15, 0.2) is 36.4 Å². The van der Waals surface area contributed by atoms with E-state index in [0.29, 0.717) is 55.4 Å². The topological polar surface area (TPSA) is 206 Å². The predicted octanol–water partition coefficient (Wildman–Crippen LogP) is 2.90. The summed E-state index contributed by atoms with van der Waals surface area (Å²) in [5.41, 5.74) is -1.53. The van der Waals surface area contributed by atoms with E-state index in [-0.39, 0.29) is 37.1 Å². The molecule has 2 saturated carbocycles. The number of benzene rings is 1. The number of carboxylic acid groups (broad SMARTS) is 1. The van der Waals surface area contributed by atoms with E-state index >= 15 is 0 Å². The summed E-state index contributed by atoms with van der Waals surface area (Å²) < 4.78 is 39.8. The third-order valence-corrected chi connectivity index (χ3v) is 12.3. The quantitative estimate of drug-likeness (QED) is 0.277. The van der Waals surface area contributed by atoms with Gasteiger partial charge in [-0.15, -0.1) is 10.2 Å². The fourth-order valence-electron chi connectivity index (χ4n) is 7.39. The minimum atomic E-state index is -3.91. The van der Waals surface area contributed by atoms with Crippen molar-refractivity contribution in [2.75, 3.05) is 13.2 Å². The number of nitrogens with one attached hydrogen (secondary N) is 3. The second-order valence-corrected chi connectivity index (χ2v) is 16.1. The van der Waals surface area contributed by atoms with E-state index in [2.05, 4.69) is 25.6 Å². The Hall–Kier alpha value is -4.47. The maximum absolute atomic E-state index is 14.5. The van der Waals surface area contributed by atoms with E-state index in [1.807, 2.05) is 51.1 Å². The van der Waals surface area contributed by atoms with Crippen molar-refractivity contribution in [2.45, 2.75) is 101 Å². The number of carbonyl (C=O) groups excluding carboxylic acids is 3. The molecule has 0 unspecified atom stereocenters. The largest absolute Gasteiger partial charge is 0.476 e. The first-order chi connectivity index (χ1) is 24.4. The lowest BCUT2D eigenvalue weighted by Gasteiger charge is -2.33. The molecule has 3 fully saturated rings. The number of amides is 4. The molecule has 0 radical (unpaired) electrons. The van der Waals surface area contributed by atoms with E-state index in [1.165, 1.54) is 4.90 Å². The van der Waals surface area contributed by atoms with E-state index in [9.17, 15) is 32.7 Å². The Morgan fingerprint density at radius 3 is 2.45 bits per heavy atom. The highest BCUT2D eigenvalue weighted by molar-refractivity contribution is 7.91. The Bertz CT molecular complexity index is 1820. The number of rotatable bonds is 9. The third kappa shape index (κ3) is 7.75. The Labute approximate surface area is 296 Å². The molecule has 0 spiro atoms. The molecule has 2 aliphatic heterocycles. The van der Waals surface area contributed by atoms with Gasteiger partial charge in [-0.3, -0.25) is 19.1 Å². The first-order valence-electron chi connectivity index (χ1n) is 17.8. The molecule has 3 heterocycles. The Morgan fingerprint density at radius 2 is 1.78 bits per heavy atom. The van der Waals surface area contributed by atoms with Crippen molar-refractivity contribution in [3.05, 3.63) is 36.4 Å². The van der Waals surface area contributed by atoms with Gasteiger partial charge in [-0.25, -0.2) is 13.2 Å². The van der Waals surface area contributed by atoms with Gasteiger partial charge in [0, 0.05) is 12.3 Å². The number of sulfonamides is 1. The van der Waals surface area contributed by atoms with Crippen LogP contribution in [0.2, 0.25) is 0 Å². The summed E-state index contributed by atoms with van der Waals surface area (Å²) in [5, 5.41) is 24.2. The van der Waals surface area contributed by atoms with E-state index < -0.39 is 68.7 Å². The zero-order valence-electron chi connectivity index (χ0n) is 29.0. The van der Waals surface area contributed by atoms with Gasteiger partial charge in [0.15, 0.2) is 0 Å². The van der Waals surface area contributed by atoms with Crippen LogP contribution in [0.4, 0.5) is 4.79 Å². The summed E-state index contributed by atoms with van der Waals surface area (Å²) >= 11 is 0. The predicted molar refractivity (Wildman–Crippen MR) is 185 cm³/mol. The third-order valence-electron chi connectivity index (χ3n) is 10.4. The number of aromatic nitrogens is 2. The number of hydrogen-bond donors (Lipinski definition) is 4. The molecule has 16 heteroatoms. The smallest absolute Gasteiger partial charge is 0.405 e. The molecule has 15 nitrogen and oxygen atoms in total. The van der Waals surface area contributed by atoms with Crippen molar-refractivity contribution in [3.8, 4) is 11.8 Å². The molecule has 276 valence electrons. The van der Waals surface area contributed by atoms with Gasteiger partial charge < -0.3 is 30.1 Å². The Morgan fingerprint density at radius 1 is 1.08 bits per heavy atom. The summed E-state index contributed by atoms with van der Waals surface area (Å²) in [5.74, 6) is -2.25. The van der Waals surface area contributed by atoms with Gasteiger partial charge in [0.2, 0.25) is 33.6 Å². The molecular weight excluding hydrogens is 680 g/mol. The molecule has 4 N–H and O–H groups in total. The molecule has 0 bridgehead atoms. The lowest BCUT2D eigenvalue weighted by Crippen LogP contribution is -2.59. The van der Waals surface area contributed by atoms with Crippen LogP contribution in [0.25, 0.3) is 10.8 Å². The van der Waals surface area contributed by atoms with Crippen LogP contribution in [0.3, 0.4) is 0 Å². The fourth-order valence-corrected chi connectivity index (χ4v) is 8.76. The normalized spacial score (nSPS) is 29.9. The average Bonchev–Trinajstić information content (AvgIpc) is 4.02. The molecule has 7 atom stereocenters. The number of carbonyl (C=O) groups is 4. The van der Waals surface area contributed by atoms with Crippen LogP contribution in [0.5, 0.6) is 11.8 Å². The van der Waals surface area contributed by atoms with E-state index in [0.717, 1.165) is 6.42 Å². The number of hydrogen-bond acceptors (Lipinski definition) is 10. The van der Waals surface area contributed by atoms with Crippen molar-refractivity contribution in [1.82, 2.24) is 30.5 Å². The van der Waals surface area contributed by atoms with Crippen molar-refractivity contribution in [3.63, 3.8) is 0 Å². The lowest BCUT2D eigenvalue weighted by molar-refractivity contribution is -0.142. The zero-order chi connectivity index (χ0) is 36.5. The minimum Gasteiger partial charge on any atom is -0.476 e. The molecule has 2 aromatic rings. The molecule has 6 rings (SSSR count). The highest BCUT2D eigenvalue weighted by Crippen LogP contribution is 2.46. The van der Waals surface area contributed by atoms with Gasteiger partial charge in [0.1, 0.15) is 23.7 Å². The molecule has 1 aromatic heterocycles. The SMILES string of the molecule is CCOc1nnc(O[C@@H]2C[C@H]3C(=O)N[C@]4(C(=O)NS(=O)(=O)C5CC5)C[C@H]4C=CCC[C@@H](C)C[C@@H](CC)[C@H](NC(=O)O)C(=O)N3C2)c2ccccc12. The number of allylic oxidation sites excluding steroid dienone is 1. The van der Waals surface area contributed by atoms with Crippen LogP contribution >= 0.6 is 0 Å². The molecule has 2 aliphatic carbocycles. The van der Waals surface area contributed by atoms with Gasteiger partial charge in [0.25, 0.3) is 5.91 Å². The second kappa shape index (κ2) is 14.6. The maximum atomic E-state index is 14.5. The average molecular weight is 727 g/mol. The molecule has 1 saturated heterocycles. The van der Waals surface area contributed by atoms with Crippen LogP contribution < -0.4 is 24.8 Å². The standard InChI is InChI=1S/C35H46N6O9S/c1-4-21-16-20(3)10-6-7-11-22-18-35(22,33(44)40-51(47,48)24-14-15-24)37-29(42)27-17-23(19-41(27)32(43)28(21)36-34(45)46)50-31-26-13-9-8-12-25(26)30(38-39-31)49-5-2/h7-9,11-13,20-24,27-28,36H,4-6,10,14-19H2,1-3H3,(H,37,42)(H,40,44)(H,45,46)/t20-,21-,22-,23-,27+,28+,35-/m1/s1. The summed E-state index contributed by atoms with van der Waals surface area (Å²) in [6.07, 6.45) is 5.23. The Balaban J connectivity index is 1.35. The van der Waals surface area contributed by atoms with Crippen LogP contribution in [0.1, 0.15) is 72.1 Å². The summed E-state index contributed by atoms with van der Waals surface area (Å²) in [7, 11) is -3.91. The summed E-state index contributed by atoms with van der Waals surface area (Å²) in [4.78, 5) is 55.8. The van der Waals surface area contributed by atoms with Crippen LogP contribution in [0, 0.1) is 17.8 Å². The van der Waals surface area contributed by atoms with Crippen molar-refractivity contribution in [1.29, 1.82) is 0 Å². The van der Waals surface area contributed by atoms with Crippen LogP contribution in [-0.4, -0.2) is 94.6 Å². The molecule has 4 amide bonds. The molecule has 4 aliphatic rings. The number of fused-ring (bicyclic) bond motifs is 3. The zero-order valence-corrected chi connectivity index (χ0v) is 29.9. The minimum absolute atomic E-state index is 0.00758. The molecule has 51 heavy (non-hydrogen) atoms. The second-order valence-electron chi connectivity index (χ2n) is 14.2. The lowest BCUT2D eigenvalue weighted by atomic mass is 9.85. The highest BCUT2D eigenvalue weighted by Gasteiger charge is 2.62. The highest BCUT2D eigenvalue weighted by atomic mass is 32.2. The molecular formula is C35H46N6O9S. The van der Waals surface area contributed by atoms with Crippen molar-refractivity contribution >= 4 is 44.6 Å². The van der Waals surface area contributed by atoms with Gasteiger partial charge in [-0.1, -0.05) is 44.6 Å². The monoisotopic (exact) mass is 726 g/mol. The van der Waals surface area contributed by atoms with E-state index in [4.69, 9.17) is 9.47 Å². The number of ether oxygens (including phenoxy) is 2. The maximum Gasteiger partial charge on any atom is 0.405 e. The van der Waals surface area contributed by atoms with Crippen LogP contribution in [-0.2, 0) is 24.4 Å². The number of nitrogens with zero attached hydrogens (tertiary/aromatic N) is 3. The van der Waals surface area contributed by atoms with Gasteiger partial charge in [-0.2, -0.15) is 0 Å². The van der Waals surface area contributed by atoms with Crippen molar-refractivity contribution in [2.24, 2.45) is 17.8 Å². The Kier molecular flexibility index (Phi) is 10.4. The van der Waals surface area contributed by atoms with Gasteiger partial charge in [-0.05, 0) is 69.4 Å². The molecule has 1 aromatic carbocycles.